The molecule has 0 saturated carbocycles. The molecule has 5 rings (SSSR count). The van der Waals surface area contributed by atoms with Crippen LogP contribution in [-0.4, -0.2) is 121 Å². The molecule has 2 fully saturated rings. The van der Waals surface area contributed by atoms with E-state index >= 15 is 0 Å². The molecule has 0 aromatic heterocycles. The molecule has 2 saturated heterocycles. The number of aromatic hydroxyl groups is 1. The highest BCUT2D eigenvalue weighted by Crippen LogP contribution is 2.41. The number of hydrogen-bond donors (Lipinski definition) is 8. The molecule has 3 aliphatic rings. The number of hydrogen-bond acceptors (Lipinski definition) is 14. The summed E-state index contributed by atoms with van der Waals surface area (Å²) in [5.74, 6) is -2.58. The van der Waals surface area contributed by atoms with E-state index in [1.807, 2.05) is 0 Å². The summed E-state index contributed by atoms with van der Waals surface area (Å²) in [4.78, 5) is 27.2. The lowest BCUT2D eigenvalue weighted by Crippen LogP contribution is -2.60. The second kappa shape index (κ2) is 10.7. The molecule has 14 heteroatoms. The van der Waals surface area contributed by atoms with E-state index in [0.29, 0.717) is 5.56 Å². The van der Waals surface area contributed by atoms with Crippen molar-refractivity contribution < 1.29 is 69.4 Å². The number of benzene rings is 2. The van der Waals surface area contributed by atoms with Gasteiger partial charge in [-0.15, -0.1) is 0 Å². The number of ether oxygens (including phenoxy) is 4. The minimum atomic E-state index is -1.86. The molecule has 0 spiro atoms. The number of aliphatic hydroxyl groups excluding tert-OH is 7. The van der Waals surface area contributed by atoms with Gasteiger partial charge in [-0.3, -0.25) is 9.59 Å². The number of ketones is 2. The molecule has 14 nitrogen and oxygen atoms in total. The third-order valence-corrected chi connectivity index (χ3v) is 7.12. The number of phenolic OH excluding ortho intramolecular Hbond substituents is 1. The van der Waals surface area contributed by atoms with Crippen LogP contribution in [0.5, 0.6) is 17.2 Å². The quantitative estimate of drug-likeness (QED) is 0.154. The first kappa shape index (κ1) is 28.4. The van der Waals surface area contributed by atoms with Crippen molar-refractivity contribution in [3.63, 3.8) is 0 Å². The number of carbonyl (C=O) groups excluding carboxylic acids is 2. The van der Waals surface area contributed by atoms with E-state index in [4.69, 9.17) is 18.9 Å². The zero-order valence-corrected chi connectivity index (χ0v) is 20.9. The summed E-state index contributed by atoms with van der Waals surface area (Å²) in [7, 11) is 0. The first-order valence-electron chi connectivity index (χ1n) is 12.3. The fourth-order valence-electron chi connectivity index (χ4n) is 5.01. The topological polar surface area (TPSA) is 233 Å². The van der Waals surface area contributed by atoms with Crippen molar-refractivity contribution in [3.05, 3.63) is 52.1 Å². The van der Waals surface area contributed by atoms with Crippen molar-refractivity contribution in [1.82, 2.24) is 0 Å². The monoisotopic (exact) mass is 564 g/mol. The van der Waals surface area contributed by atoms with Gasteiger partial charge in [0, 0.05) is 17.2 Å². The van der Waals surface area contributed by atoms with E-state index in [1.54, 1.807) is 6.92 Å². The minimum absolute atomic E-state index is 0.0983. The molecule has 0 amide bonds. The van der Waals surface area contributed by atoms with Crippen LogP contribution in [0, 0.1) is 6.92 Å². The Morgan fingerprint density at radius 2 is 1.25 bits per heavy atom. The highest BCUT2D eigenvalue weighted by molar-refractivity contribution is 6.30. The second-order valence-electron chi connectivity index (χ2n) is 9.85. The van der Waals surface area contributed by atoms with Crippen LogP contribution < -0.4 is 9.47 Å². The van der Waals surface area contributed by atoms with Gasteiger partial charge in [0.25, 0.3) is 0 Å². The van der Waals surface area contributed by atoms with Crippen LogP contribution in [0.2, 0.25) is 0 Å². The third-order valence-electron chi connectivity index (χ3n) is 7.12. The van der Waals surface area contributed by atoms with Crippen LogP contribution >= 0.6 is 0 Å². The molecule has 2 aromatic rings. The highest BCUT2D eigenvalue weighted by atomic mass is 16.7. The summed E-state index contributed by atoms with van der Waals surface area (Å²) in [6, 6.07) is 4.96. The van der Waals surface area contributed by atoms with Gasteiger partial charge in [-0.2, -0.15) is 0 Å². The SMILES string of the molecule is Cc1cc(O)c2c(c1)C(=O)c1cc(OC3OC(CO)C(O)C3O)cc(OC3OC(CO)C(O)C(O)C3O)c1C2=O. The van der Waals surface area contributed by atoms with Gasteiger partial charge in [0.1, 0.15) is 60.0 Å². The number of carbonyl (C=O) groups is 2. The molecule has 0 bridgehead atoms. The number of fused-ring (bicyclic) bond motifs is 2. The predicted molar refractivity (Wildman–Crippen MR) is 129 cm³/mol. The molecule has 216 valence electrons. The van der Waals surface area contributed by atoms with Gasteiger partial charge in [-0.1, -0.05) is 0 Å². The molecule has 0 radical (unpaired) electrons. The van der Waals surface area contributed by atoms with Crippen LogP contribution in [-0.2, 0) is 9.47 Å². The Kier molecular flexibility index (Phi) is 7.56. The summed E-state index contributed by atoms with van der Waals surface area (Å²) in [5, 5.41) is 80.5. The number of rotatable bonds is 6. The molecule has 9 unspecified atom stereocenters. The number of aliphatic hydroxyl groups is 7. The summed E-state index contributed by atoms with van der Waals surface area (Å²) >= 11 is 0. The van der Waals surface area contributed by atoms with Crippen molar-refractivity contribution in [3.8, 4) is 17.2 Å². The van der Waals surface area contributed by atoms with Crippen LogP contribution in [0.4, 0.5) is 0 Å². The van der Waals surface area contributed by atoms with E-state index < -0.39 is 91.6 Å². The standard InChI is InChI=1S/C26H28O14/c1-8-2-10-16(12(29)3-8)21(33)17-11(18(10)30)4-9(37-25-23(35)20(32)15(7-28)39-25)5-13(17)38-26-24(36)22(34)19(31)14(6-27)40-26/h2-5,14-15,19-20,22-29,31-32,34-36H,6-7H2,1H3. The summed E-state index contributed by atoms with van der Waals surface area (Å²) < 4.78 is 22.1. The minimum Gasteiger partial charge on any atom is -0.507 e. The Labute approximate surface area is 226 Å². The lowest BCUT2D eigenvalue weighted by molar-refractivity contribution is -0.277. The van der Waals surface area contributed by atoms with E-state index in [0.717, 1.165) is 12.1 Å². The fraction of sp³-hybridized carbons (Fsp3) is 0.462. The zero-order chi connectivity index (χ0) is 29.0. The Morgan fingerprint density at radius 3 is 1.88 bits per heavy atom. The highest BCUT2D eigenvalue weighted by Gasteiger charge is 2.47. The van der Waals surface area contributed by atoms with E-state index in [1.165, 1.54) is 12.1 Å². The largest absolute Gasteiger partial charge is 0.507 e. The summed E-state index contributed by atoms with van der Waals surface area (Å²) in [6.45, 7) is 0.234. The van der Waals surface area contributed by atoms with Gasteiger partial charge in [0.2, 0.25) is 18.4 Å². The van der Waals surface area contributed by atoms with Gasteiger partial charge in [-0.05, 0) is 30.7 Å². The lowest BCUT2D eigenvalue weighted by Gasteiger charge is -2.39. The normalized spacial score (nSPS) is 33.5. The van der Waals surface area contributed by atoms with E-state index in [9.17, 15) is 50.4 Å². The fourth-order valence-corrected chi connectivity index (χ4v) is 5.01. The third kappa shape index (κ3) is 4.62. The molecule has 1 aliphatic carbocycles. The Hall–Kier alpha value is -3.18. The first-order valence-corrected chi connectivity index (χ1v) is 12.3. The van der Waals surface area contributed by atoms with Gasteiger partial charge < -0.3 is 59.8 Å². The second-order valence-corrected chi connectivity index (χ2v) is 9.85. The maximum Gasteiger partial charge on any atom is 0.229 e. The molecule has 2 heterocycles. The van der Waals surface area contributed by atoms with Gasteiger partial charge in [0.15, 0.2) is 5.78 Å². The Balaban J connectivity index is 1.59. The molecule has 2 aliphatic heterocycles. The van der Waals surface area contributed by atoms with Crippen molar-refractivity contribution in [2.45, 2.75) is 62.2 Å². The van der Waals surface area contributed by atoms with Crippen LogP contribution in [0.15, 0.2) is 24.3 Å². The zero-order valence-electron chi connectivity index (χ0n) is 20.9. The van der Waals surface area contributed by atoms with Crippen LogP contribution in [0.3, 0.4) is 0 Å². The average Bonchev–Trinajstić information content (AvgIpc) is 3.19. The molecule has 2 aromatic carbocycles. The lowest BCUT2D eigenvalue weighted by atomic mass is 9.82. The maximum atomic E-state index is 13.6. The van der Waals surface area contributed by atoms with Crippen molar-refractivity contribution >= 4 is 11.6 Å². The predicted octanol–water partition coefficient (Wildman–Crippen LogP) is -2.53. The van der Waals surface area contributed by atoms with Gasteiger partial charge >= 0.3 is 0 Å². The Morgan fingerprint density at radius 1 is 0.700 bits per heavy atom. The maximum absolute atomic E-state index is 13.6. The van der Waals surface area contributed by atoms with Crippen LogP contribution in [0.25, 0.3) is 0 Å². The smallest absolute Gasteiger partial charge is 0.229 e. The number of phenols is 1. The molecule has 8 N–H and O–H groups in total. The van der Waals surface area contributed by atoms with E-state index in [2.05, 4.69) is 0 Å². The van der Waals surface area contributed by atoms with Crippen molar-refractivity contribution in [2.24, 2.45) is 0 Å². The molecular weight excluding hydrogens is 536 g/mol. The van der Waals surface area contributed by atoms with Crippen molar-refractivity contribution in [1.29, 1.82) is 0 Å². The number of aryl methyl sites for hydroxylation is 1. The van der Waals surface area contributed by atoms with Crippen LogP contribution in [0.1, 0.15) is 37.4 Å². The molecule has 40 heavy (non-hydrogen) atoms. The molecular formula is C26H28O14. The first-order chi connectivity index (χ1) is 19.0. The Bertz CT molecular complexity index is 1320. The summed E-state index contributed by atoms with van der Waals surface area (Å²) in [5.41, 5.74) is -0.483. The van der Waals surface area contributed by atoms with Gasteiger partial charge in [-0.25, -0.2) is 0 Å². The average molecular weight is 564 g/mol. The van der Waals surface area contributed by atoms with Gasteiger partial charge in [0.05, 0.1) is 24.3 Å². The molecule has 9 atom stereocenters. The van der Waals surface area contributed by atoms with Crippen molar-refractivity contribution in [2.75, 3.05) is 13.2 Å². The summed E-state index contributed by atoms with van der Waals surface area (Å²) in [6.07, 6.45) is -14.2. The van der Waals surface area contributed by atoms with E-state index in [-0.39, 0.29) is 28.0 Å².